The van der Waals surface area contributed by atoms with Crippen molar-refractivity contribution in [2.75, 3.05) is 7.05 Å². The molecule has 1 heteroatoms. The molecule has 0 atom stereocenters. The Kier molecular flexibility index (Phi) is 5.44. The van der Waals surface area contributed by atoms with Crippen molar-refractivity contribution in [2.45, 2.75) is 27.2 Å². The first-order chi connectivity index (χ1) is 5.20. The molecule has 0 rings (SSSR count). The van der Waals surface area contributed by atoms with Gasteiger partial charge >= 0.3 is 0 Å². The highest BCUT2D eigenvalue weighted by atomic mass is 14.7. The summed E-state index contributed by atoms with van der Waals surface area (Å²) in [5.74, 6) is 0. The van der Waals surface area contributed by atoms with Crippen LogP contribution < -0.4 is 0 Å². The highest BCUT2D eigenvalue weighted by molar-refractivity contribution is 5.92. The molecule has 0 amide bonds. The Balaban J connectivity index is 3.96. The van der Waals surface area contributed by atoms with Gasteiger partial charge in [-0.1, -0.05) is 24.6 Å². The topological polar surface area (TPSA) is 12.4 Å². The second-order valence-electron chi connectivity index (χ2n) is 2.59. The molecule has 0 aromatic rings. The molecule has 0 saturated carbocycles. The van der Waals surface area contributed by atoms with Crippen molar-refractivity contribution >= 4 is 5.71 Å². The molecule has 0 unspecified atom stereocenters. The number of aliphatic imine (C=N–C) groups is 1. The molecule has 62 valence electrons. The van der Waals surface area contributed by atoms with Gasteiger partial charge in [0.05, 0.1) is 0 Å². The summed E-state index contributed by atoms with van der Waals surface area (Å²) in [5.41, 5.74) is 2.45. The zero-order valence-electron chi connectivity index (χ0n) is 7.89. The Labute approximate surface area is 69.5 Å². The van der Waals surface area contributed by atoms with E-state index in [0.29, 0.717) is 0 Å². The molecule has 1 nitrogen and oxygen atoms in total. The molecule has 0 aromatic heterocycles. The lowest BCUT2D eigenvalue weighted by Crippen LogP contribution is -1.81. The Bertz CT molecular complexity index is 185. The fourth-order valence-corrected chi connectivity index (χ4v) is 0.544. The molecule has 0 heterocycles. The average molecular weight is 151 g/mol. The fraction of sp³-hybridized carbons (Fsp3) is 0.500. The van der Waals surface area contributed by atoms with Crippen LogP contribution in [0, 0.1) is 0 Å². The van der Waals surface area contributed by atoms with E-state index in [1.807, 2.05) is 19.1 Å². The third kappa shape index (κ3) is 5.59. The average Bonchev–Trinajstić information content (AvgIpc) is 2.04. The first-order valence-electron chi connectivity index (χ1n) is 3.98. The SMILES string of the molecule is CC/C(C)=C/C=C\C(C)=N/C. The number of hydrogen-bond acceptors (Lipinski definition) is 1. The Morgan fingerprint density at radius 1 is 1.36 bits per heavy atom. The quantitative estimate of drug-likeness (QED) is 0.434. The largest absolute Gasteiger partial charge is 0.293 e. The third-order valence-electron chi connectivity index (χ3n) is 1.63. The minimum atomic E-state index is 1.06. The lowest BCUT2D eigenvalue weighted by molar-refractivity contribution is 1.10. The van der Waals surface area contributed by atoms with Crippen molar-refractivity contribution in [3.05, 3.63) is 23.8 Å². The van der Waals surface area contributed by atoms with E-state index in [9.17, 15) is 0 Å². The maximum absolute atomic E-state index is 4.01. The highest BCUT2D eigenvalue weighted by Gasteiger charge is 1.79. The Hall–Kier alpha value is -0.850. The van der Waals surface area contributed by atoms with Gasteiger partial charge in [0.2, 0.25) is 0 Å². The van der Waals surface area contributed by atoms with Gasteiger partial charge in [0.15, 0.2) is 0 Å². The van der Waals surface area contributed by atoms with E-state index in [1.165, 1.54) is 5.57 Å². The number of allylic oxidation sites excluding steroid dienone is 4. The van der Waals surface area contributed by atoms with E-state index in [2.05, 4.69) is 24.9 Å². The number of nitrogens with zero attached hydrogens (tertiary/aromatic N) is 1. The van der Waals surface area contributed by atoms with E-state index >= 15 is 0 Å². The van der Waals surface area contributed by atoms with Crippen LogP contribution in [0.25, 0.3) is 0 Å². The second-order valence-corrected chi connectivity index (χ2v) is 2.59. The number of hydrogen-bond donors (Lipinski definition) is 0. The van der Waals surface area contributed by atoms with E-state index in [0.717, 1.165) is 12.1 Å². The zero-order valence-corrected chi connectivity index (χ0v) is 7.89. The van der Waals surface area contributed by atoms with Crippen LogP contribution in [-0.2, 0) is 0 Å². The molecular formula is C10H17N. The van der Waals surface area contributed by atoms with Gasteiger partial charge in [-0.25, -0.2) is 0 Å². The summed E-state index contributed by atoms with van der Waals surface area (Å²) >= 11 is 0. The molecule has 0 aliphatic heterocycles. The maximum atomic E-state index is 4.01. The van der Waals surface area contributed by atoms with Crippen LogP contribution in [0.15, 0.2) is 28.8 Å². The summed E-state index contributed by atoms with van der Waals surface area (Å²) in [7, 11) is 1.80. The Morgan fingerprint density at radius 3 is 2.45 bits per heavy atom. The molecule has 0 aliphatic rings. The van der Waals surface area contributed by atoms with Crippen LogP contribution in [0.4, 0.5) is 0 Å². The predicted octanol–water partition coefficient (Wildman–Crippen LogP) is 2.99. The van der Waals surface area contributed by atoms with Crippen molar-refractivity contribution in [3.63, 3.8) is 0 Å². The minimum Gasteiger partial charge on any atom is -0.293 e. The molecular weight excluding hydrogens is 134 g/mol. The molecule has 0 N–H and O–H groups in total. The highest BCUT2D eigenvalue weighted by Crippen LogP contribution is 1.97. The molecule has 0 spiro atoms. The van der Waals surface area contributed by atoms with Gasteiger partial charge in [0.1, 0.15) is 0 Å². The van der Waals surface area contributed by atoms with Gasteiger partial charge in [-0.3, -0.25) is 4.99 Å². The van der Waals surface area contributed by atoms with Crippen LogP contribution >= 0.6 is 0 Å². The summed E-state index contributed by atoms with van der Waals surface area (Å²) in [6.07, 6.45) is 7.29. The summed E-state index contributed by atoms with van der Waals surface area (Å²) in [6.45, 7) is 6.27. The monoisotopic (exact) mass is 151 g/mol. The van der Waals surface area contributed by atoms with Crippen LogP contribution in [-0.4, -0.2) is 12.8 Å². The van der Waals surface area contributed by atoms with E-state index in [4.69, 9.17) is 0 Å². The summed E-state index contributed by atoms with van der Waals surface area (Å²) < 4.78 is 0. The molecule has 0 saturated heterocycles. The van der Waals surface area contributed by atoms with Crippen LogP contribution in [0.1, 0.15) is 27.2 Å². The second kappa shape index (κ2) is 5.90. The van der Waals surface area contributed by atoms with Crippen molar-refractivity contribution in [1.82, 2.24) is 0 Å². The maximum Gasteiger partial charge on any atom is 0.0313 e. The summed E-state index contributed by atoms with van der Waals surface area (Å²) in [4.78, 5) is 4.01. The van der Waals surface area contributed by atoms with Crippen LogP contribution in [0.5, 0.6) is 0 Å². The molecule has 0 aliphatic carbocycles. The molecule has 0 fully saturated rings. The first kappa shape index (κ1) is 10.2. The van der Waals surface area contributed by atoms with Gasteiger partial charge in [-0.15, -0.1) is 0 Å². The van der Waals surface area contributed by atoms with Gasteiger partial charge in [-0.05, 0) is 26.3 Å². The molecule has 0 aromatic carbocycles. The van der Waals surface area contributed by atoms with Crippen LogP contribution in [0.3, 0.4) is 0 Å². The molecule has 0 radical (unpaired) electrons. The standard InChI is InChI=1S/C10H17N/c1-5-9(2)7-6-8-10(3)11-4/h6-8H,5H2,1-4H3/b8-6-,9-7+,11-10-. The lowest BCUT2D eigenvalue weighted by Gasteiger charge is -1.89. The fourth-order valence-electron chi connectivity index (χ4n) is 0.544. The van der Waals surface area contributed by atoms with Gasteiger partial charge in [0, 0.05) is 12.8 Å². The van der Waals surface area contributed by atoms with E-state index < -0.39 is 0 Å². The normalized spacial score (nSPS) is 14.5. The van der Waals surface area contributed by atoms with Crippen molar-refractivity contribution in [3.8, 4) is 0 Å². The Morgan fingerprint density at radius 2 is 2.00 bits per heavy atom. The van der Waals surface area contributed by atoms with Crippen molar-refractivity contribution < 1.29 is 0 Å². The van der Waals surface area contributed by atoms with E-state index in [-0.39, 0.29) is 0 Å². The third-order valence-corrected chi connectivity index (χ3v) is 1.63. The van der Waals surface area contributed by atoms with Gasteiger partial charge in [0.25, 0.3) is 0 Å². The molecule has 0 bridgehead atoms. The molecule has 11 heavy (non-hydrogen) atoms. The van der Waals surface area contributed by atoms with Crippen LogP contribution in [0.2, 0.25) is 0 Å². The first-order valence-corrected chi connectivity index (χ1v) is 3.98. The number of rotatable bonds is 3. The lowest BCUT2D eigenvalue weighted by atomic mass is 10.2. The van der Waals surface area contributed by atoms with Crippen molar-refractivity contribution in [1.29, 1.82) is 0 Å². The summed E-state index contributed by atoms with van der Waals surface area (Å²) in [6, 6.07) is 0. The zero-order chi connectivity index (χ0) is 8.69. The van der Waals surface area contributed by atoms with Gasteiger partial charge < -0.3 is 0 Å². The minimum absolute atomic E-state index is 1.06. The predicted molar refractivity (Wildman–Crippen MR) is 52.2 cm³/mol. The van der Waals surface area contributed by atoms with Gasteiger partial charge in [-0.2, -0.15) is 0 Å². The summed E-state index contributed by atoms with van der Waals surface area (Å²) in [5, 5.41) is 0. The smallest absolute Gasteiger partial charge is 0.0313 e. The van der Waals surface area contributed by atoms with E-state index in [1.54, 1.807) is 7.05 Å². The van der Waals surface area contributed by atoms with Crippen molar-refractivity contribution in [2.24, 2.45) is 4.99 Å².